The van der Waals surface area contributed by atoms with Gasteiger partial charge in [-0.2, -0.15) is 0 Å². The molecule has 0 spiro atoms. The van der Waals surface area contributed by atoms with E-state index in [4.69, 9.17) is 10.5 Å². The molecular weight excluding hydrogens is 500 g/mol. The smallest absolute Gasteiger partial charge is 0.408 e. The van der Waals surface area contributed by atoms with Crippen LogP contribution in [0.1, 0.15) is 71.6 Å². The van der Waals surface area contributed by atoms with Crippen molar-refractivity contribution < 1.29 is 29.0 Å². The first-order valence-corrected chi connectivity index (χ1v) is 12.8. The maximum absolute atomic E-state index is 14.2. The molecule has 2 aromatic rings. The number of para-hydroxylation sites is 1. The van der Waals surface area contributed by atoms with Gasteiger partial charge in [-0.1, -0.05) is 30.3 Å². The minimum absolute atomic E-state index is 0.0836. The SMILES string of the molecule is Cc1ccccc1NC(=O)C(c1cccc(O)c1)N(C(=O)C(CCC(N)=O)NC(=O)OC(C)(C)C)C(C)(C)C. The summed E-state index contributed by atoms with van der Waals surface area (Å²) in [7, 11) is 0. The second-order valence-electron chi connectivity index (χ2n) is 11.4. The van der Waals surface area contributed by atoms with E-state index in [0.717, 1.165) is 5.56 Å². The summed E-state index contributed by atoms with van der Waals surface area (Å²) >= 11 is 0. The Kier molecular flexibility index (Phi) is 10.1. The Hall–Kier alpha value is -4.08. The summed E-state index contributed by atoms with van der Waals surface area (Å²) in [6.07, 6.45) is -1.14. The number of carbonyl (C=O) groups is 4. The highest BCUT2D eigenvalue weighted by molar-refractivity contribution is 5.99. The number of nitrogens with two attached hydrogens (primary N) is 1. The molecule has 0 heterocycles. The van der Waals surface area contributed by atoms with Crippen molar-refractivity contribution in [3.8, 4) is 5.75 Å². The number of alkyl carbamates (subject to hydrolysis) is 1. The van der Waals surface area contributed by atoms with E-state index >= 15 is 0 Å². The van der Waals surface area contributed by atoms with Crippen molar-refractivity contribution in [2.24, 2.45) is 5.73 Å². The third-order valence-corrected chi connectivity index (χ3v) is 5.72. The van der Waals surface area contributed by atoms with Gasteiger partial charge >= 0.3 is 6.09 Å². The van der Waals surface area contributed by atoms with Crippen LogP contribution in [0, 0.1) is 6.92 Å². The summed E-state index contributed by atoms with van der Waals surface area (Å²) in [4.78, 5) is 53.7. The van der Waals surface area contributed by atoms with Crippen LogP contribution in [-0.4, -0.2) is 51.0 Å². The van der Waals surface area contributed by atoms with Crippen molar-refractivity contribution in [2.45, 2.75) is 84.5 Å². The number of rotatable bonds is 9. The van der Waals surface area contributed by atoms with Crippen LogP contribution in [0.15, 0.2) is 48.5 Å². The highest BCUT2D eigenvalue weighted by Crippen LogP contribution is 2.33. The molecule has 2 atom stereocenters. The normalized spacial score (nSPS) is 13.1. The Morgan fingerprint density at radius 2 is 1.64 bits per heavy atom. The quantitative estimate of drug-likeness (QED) is 0.375. The molecule has 0 fully saturated rings. The number of benzene rings is 2. The number of anilines is 1. The van der Waals surface area contributed by atoms with Gasteiger partial charge in [-0.05, 0) is 84.2 Å². The molecule has 0 radical (unpaired) electrons. The fourth-order valence-electron chi connectivity index (χ4n) is 4.03. The average Bonchev–Trinajstić information content (AvgIpc) is 2.79. The zero-order valence-corrected chi connectivity index (χ0v) is 23.7. The molecule has 5 N–H and O–H groups in total. The largest absolute Gasteiger partial charge is 0.508 e. The van der Waals surface area contributed by atoms with E-state index in [1.54, 1.807) is 65.8 Å². The lowest BCUT2D eigenvalue weighted by molar-refractivity contribution is -0.147. The first-order valence-electron chi connectivity index (χ1n) is 12.8. The fourth-order valence-corrected chi connectivity index (χ4v) is 4.03. The Morgan fingerprint density at radius 1 is 1.00 bits per heavy atom. The van der Waals surface area contributed by atoms with E-state index in [1.807, 2.05) is 19.1 Å². The van der Waals surface area contributed by atoms with Crippen molar-refractivity contribution in [3.05, 3.63) is 59.7 Å². The van der Waals surface area contributed by atoms with Crippen LogP contribution in [0.5, 0.6) is 5.75 Å². The standard InChI is InChI=1S/C29H40N4O6/c1-18-11-8-9-14-21(18)31-25(36)24(19-12-10-13-20(34)17-19)33(28(2,3)4)26(37)22(15-16-23(30)35)32-27(38)39-29(5,6)7/h8-14,17,22,24,34H,15-16H2,1-7H3,(H2,30,35)(H,31,36)(H,32,38). The number of aromatic hydroxyl groups is 1. The number of phenolic OH excluding ortho intramolecular Hbond substituents is 1. The number of nitrogens with one attached hydrogen (secondary N) is 2. The highest BCUT2D eigenvalue weighted by Gasteiger charge is 2.42. The molecule has 10 nitrogen and oxygen atoms in total. The van der Waals surface area contributed by atoms with Gasteiger partial charge in [-0.25, -0.2) is 4.79 Å². The molecule has 39 heavy (non-hydrogen) atoms. The van der Waals surface area contributed by atoms with Crippen LogP contribution in [0.25, 0.3) is 0 Å². The third kappa shape index (κ3) is 9.31. The van der Waals surface area contributed by atoms with Crippen molar-refractivity contribution in [2.75, 3.05) is 5.32 Å². The third-order valence-electron chi connectivity index (χ3n) is 5.72. The molecule has 0 bridgehead atoms. The van der Waals surface area contributed by atoms with Gasteiger partial charge < -0.3 is 31.1 Å². The van der Waals surface area contributed by atoms with Gasteiger partial charge in [0.1, 0.15) is 23.4 Å². The van der Waals surface area contributed by atoms with Gasteiger partial charge in [0.2, 0.25) is 11.8 Å². The maximum atomic E-state index is 14.2. The second kappa shape index (κ2) is 12.6. The number of aryl methyl sites for hydroxylation is 1. The highest BCUT2D eigenvalue weighted by atomic mass is 16.6. The Bertz CT molecular complexity index is 1200. The van der Waals surface area contributed by atoms with E-state index in [1.165, 1.54) is 17.0 Å². The lowest BCUT2D eigenvalue weighted by atomic mass is 9.94. The number of primary amides is 1. The second-order valence-corrected chi connectivity index (χ2v) is 11.4. The number of phenols is 1. The summed E-state index contributed by atoms with van der Waals surface area (Å²) in [6, 6.07) is 10.9. The Morgan fingerprint density at radius 3 is 2.18 bits per heavy atom. The van der Waals surface area contributed by atoms with E-state index in [-0.39, 0.29) is 18.6 Å². The molecule has 2 aromatic carbocycles. The first kappa shape index (κ1) is 31.1. The number of amides is 4. The van der Waals surface area contributed by atoms with Crippen molar-refractivity contribution in [1.29, 1.82) is 0 Å². The predicted molar refractivity (Wildman–Crippen MR) is 149 cm³/mol. The molecule has 0 saturated carbocycles. The summed E-state index contributed by atoms with van der Waals surface area (Å²) in [6.45, 7) is 12.1. The van der Waals surface area contributed by atoms with Gasteiger partial charge in [0.15, 0.2) is 0 Å². The number of hydrogen-bond donors (Lipinski definition) is 4. The molecule has 0 aliphatic heterocycles. The maximum Gasteiger partial charge on any atom is 0.408 e. The molecule has 0 aliphatic carbocycles. The number of carbonyl (C=O) groups excluding carboxylic acids is 4. The zero-order chi connectivity index (χ0) is 29.5. The fraction of sp³-hybridized carbons (Fsp3) is 0.448. The van der Waals surface area contributed by atoms with E-state index in [2.05, 4.69) is 10.6 Å². The van der Waals surface area contributed by atoms with Crippen LogP contribution in [0.4, 0.5) is 10.5 Å². The summed E-state index contributed by atoms with van der Waals surface area (Å²) < 4.78 is 5.34. The topological polar surface area (TPSA) is 151 Å². The van der Waals surface area contributed by atoms with Gasteiger partial charge in [-0.15, -0.1) is 0 Å². The molecule has 4 amide bonds. The lowest BCUT2D eigenvalue weighted by Crippen LogP contribution is -2.58. The Balaban J connectivity index is 2.60. The molecule has 10 heteroatoms. The van der Waals surface area contributed by atoms with Crippen LogP contribution < -0.4 is 16.4 Å². The van der Waals surface area contributed by atoms with Gasteiger partial charge in [-0.3, -0.25) is 14.4 Å². The van der Waals surface area contributed by atoms with E-state index in [0.29, 0.717) is 11.3 Å². The van der Waals surface area contributed by atoms with E-state index < -0.39 is 47.0 Å². The monoisotopic (exact) mass is 540 g/mol. The van der Waals surface area contributed by atoms with E-state index in [9.17, 15) is 24.3 Å². The molecule has 2 rings (SSSR count). The van der Waals surface area contributed by atoms with Crippen molar-refractivity contribution in [3.63, 3.8) is 0 Å². The summed E-state index contributed by atoms with van der Waals surface area (Å²) in [5, 5.41) is 15.7. The van der Waals surface area contributed by atoms with Gasteiger partial charge in [0.05, 0.1) is 0 Å². The Labute approximate surface area is 229 Å². The molecular formula is C29H40N4O6. The van der Waals surface area contributed by atoms with Crippen LogP contribution in [-0.2, 0) is 19.1 Å². The molecule has 2 unspecified atom stereocenters. The predicted octanol–water partition coefficient (Wildman–Crippen LogP) is 4.17. The number of hydrogen-bond acceptors (Lipinski definition) is 6. The van der Waals surface area contributed by atoms with Crippen molar-refractivity contribution in [1.82, 2.24) is 10.2 Å². The van der Waals surface area contributed by atoms with Gasteiger partial charge in [0, 0.05) is 17.6 Å². The van der Waals surface area contributed by atoms with Crippen LogP contribution >= 0.6 is 0 Å². The average molecular weight is 541 g/mol. The van der Waals surface area contributed by atoms with Gasteiger partial charge in [0.25, 0.3) is 5.91 Å². The first-order chi connectivity index (χ1) is 18.0. The molecule has 212 valence electrons. The summed E-state index contributed by atoms with van der Waals surface area (Å²) in [5.74, 6) is -1.88. The summed E-state index contributed by atoms with van der Waals surface area (Å²) in [5.41, 5.74) is 5.31. The molecule has 0 saturated heterocycles. The number of nitrogens with zero attached hydrogens (tertiary/aromatic N) is 1. The zero-order valence-electron chi connectivity index (χ0n) is 23.7. The minimum atomic E-state index is -1.22. The number of ether oxygens (including phenoxy) is 1. The van der Waals surface area contributed by atoms with Crippen LogP contribution in [0.2, 0.25) is 0 Å². The van der Waals surface area contributed by atoms with Crippen molar-refractivity contribution >= 4 is 29.5 Å². The van der Waals surface area contributed by atoms with Crippen LogP contribution in [0.3, 0.4) is 0 Å². The molecule has 0 aliphatic rings. The molecule has 0 aromatic heterocycles. The lowest BCUT2D eigenvalue weighted by Gasteiger charge is -2.43. The minimum Gasteiger partial charge on any atom is -0.508 e.